The van der Waals surface area contributed by atoms with Crippen molar-refractivity contribution in [2.24, 2.45) is 5.41 Å². The number of carbonyl (C=O) groups is 2. The Hall–Kier alpha value is -2.60. The number of aryl methyl sites for hydroxylation is 4. The van der Waals surface area contributed by atoms with E-state index in [-0.39, 0.29) is 59.8 Å². The summed E-state index contributed by atoms with van der Waals surface area (Å²) in [5, 5.41) is 11.4. The molecule has 3 aliphatic rings. The zero-order chi connectivity index (χ0) is 28.7. The molecule has 6 heteroatoms. The van der Waals surface area contributed by atoms with Gasteiger partial charge in [-0.05, 0) is 146 Å². The van der Waals surface area contributed by atoms with Gasteiger partial charge in [-0.15, -0.1) is 0 Å². The number of aliphatic carboxylic acids is 1. The van der Waals surface area contributed by atoms with E-state index in [2.05, 4.69) is 69.3 Å². The van der Waals surface area contributed by atoms with Gasteiger partial charge in [0.1, 0.15) is 5.75 Å². The van der Waals surface area contributed by atoms with Gasteiger partial charge in [-0.2, -0.15) is 0 Å². The summed E-state index contributed by atoms with van der Waals surface area (Å²) in [5.74, 6) is -0.00658. The van der Waals surface area contributed by atoms with Gasteiger partial charge in [0.2, 0.25) is 0 Å². The van der Waals surface area contributed by atoms with Crippen LogP contribution in [-0.4, -0.2) is 36.5 Å². The van der Waals surface area contributed by atoms with E-state index in [1.807, 2.05) is 4.90 Å². The number of ether oxygens (including phenoxy) is 1. The molecule has 0 bridgehead atoms. The van der Waals surface area contributed by atoms with Gasteiger partial charge < -0.3 is 19.5 Å². The molecule has 1 aliphatic heterocycles. The van der Waals surface area contributed by atoms with E-state index in [1.165, 1.54) is 38.9 Å². The average Bonchev–Trinajstić information content (AvgIpc) is 3.36. The summed E-state index contributed by atoms with van der Waals surface area (Å²) < 4.78 is 5.92. The number of hydrogen-bond donors (Lipinski definition) is 0. The molecule has 1 heterocycles. The minimum Gasteiger partial charge on any atom is -0.550 e. The number of fused-ring (bicyclic) bond motifs is 1. The van der Waals surface area contributed by atoms with Crippen molar-refractivity contribution < 1.29 is 49.0 Å². The van der Waals surface area contributed by atoms with Crippen LogP contribution in [0.1, 0.15) is 77.0 Å². The number of likely N-dealkylation sites (tertiary alicyclic amines) is 1. The van der Waals surface area contributed by atoms with Gasteiger partial charge in [0.05, 0.1) is 0 Å². The Kier molecular flexibility index (Phi) is 9.22. The first-order chi connectivity index (χ1) is 19.7. The maximum atomic E-state index is 12.4. The smallest absolute Gasteiger partial charge is 0.550 e. The molecule has 1 spiro atoms. The summed E-state index contributed by atoms with van der Waals surface area (Å²) in [7, 11) is 0. The Bertz CT molecular complexity index is 1480. The first-order valence-corrected chi connectivity index (χ1v) is 15.2. The normalized spacial score (nSPS) is 18.1. The van der Waals surface area contributed by atoms with E-state index in [0.717, 1.165) is 74.9 Å². The minimum absolute atomic E-state index is 0. The number of carboxylic acid groups (broad SMARTS) is 1. The number of carboxylic acids is 1. The monoisotopic (exact) mass is 573 g/mol. The summed E-state index contributed by atoms with van der Waals surface area (Å²) in [6.45, 7) is 8.23. The molecule has 0 radical (unpaired) electrons. The van der Waals surface area contributed by atoms with Gasteiger partial charge >= 0.3 is 29.6 Å². The predicted octanol–water partition coefficient (Wildman–Crippen LogP) is 2.63. The first-order valence-electron chi connectivity index (χ1n) is 15.2. The fourth-order valence-electron chi connectivity index (χ4n) is 7.46. The molecular weight excluding hydrogens is 533 g/mol. The van der Waals surface area contributed by atoms with E-state index >= 15 is 0 Å². The molecule has 0 N–H and O–H groups in total. The van der Waals surface area contributed by atoms with Crippen molar-refractivity contribution in [1.82, 2.24) is 4.90 Å². The third kappa shape index (κ3) is 6.20. The van der Waals surface area contributed by atoms with E-state index < -0.39 is 5.97 Å². The zero-order valence-electron chi connectivity index (χ0n) is 25.6. The van der Waals surface area contributed by atoms with E-state index in [0.29, 0.717) is 0 Å². The summed E-state index contributed by atoms with van der Waals surface area (Å²) >= 11 is 0. The van der Waals surface area contributed by atoms with Crippen molar-refractivity contribution >= 4 is 11.9 Å². The van der Waals surface area contributed by atoms with Crippen LogP contribution in [0.5, 0.6) is 5.75 Å². The van der Waals surface area contributed by atoms with E-state index in [1.54, 1.807) is 0 Å². The van der Waals surface area contributed by atoms with Crippen molar-refractivity contribution in [2.75, 3.05) is 19.7 Å². The molecule has 3 aromatic carbocycles. The molecule has 5 nitrogen and oxygen atoms in total. The van der Waals surface area contributed by atoms with Crippen LogP contribution in [0.15, 0.2) is 48.5 Å². The molecule has 1 atom stereocenters. The van der Waals surface area contributed by atoms with Gasteiger partial charge in [-0.1, -0.05) is 36.4 Å². The second-order valence-electron chi connectivity index (χ2n) is 12.6. The zero-order valence-corrected chi connectivity index (χ0v) is 27.6. The molecule has 1 amide bonds. The quantitative estimate of drug-likeness (QED) is 0.369. The van der Waals surface area contributed by atoms with Crippen LogP contribution < -0.4 is 39.4 Å². The van der Waals surface area contributed by atoms with E-state index in [4.69, 9.17) is 4.74 Å². The number of nitrogens with zero attached hydrogens (tertiary/aromatic N) is 1. The molecule has 1 unspecified atom stereocenters. The molecule has 42 heavy (non-hydrogen) atoms. The van der Waals surface area contributed by atoms with Crippen LogP contribution in [0.3, 0.4) is 0 Å². The third-order valence-corrected chi connectivity index (χ3v) is 9.85. The number of hydrogen-bond acceptors (Lipinski definition) is 4. The van der Waals surface area contributed by atoms with Gasteiger partial charge in [0.25, 0.3) is 5.91 Å². The fraction of sp³-hybridized carbons (Fsp3) is 0.444. The van der Waals surface area contributed by atoms with Crippen LogP contribution in [0.25, 0.3) is 11.1 Å². The van der Waals surface area contributed by atoms with Crippen molar-refractivity contribution in [3.8, 4) is 16.9 Å². The van der Waals surface area contributed by atoms with E-state index in [9.17, 15) is 14.7 Å². The van der Waals surface area contributed by atoms with Gasteiger partial charge in [0.15, 0.2) is 6.61 Å². The summed E-state index contributed by atoms with van der Waals surface area (Å²) in [6, 6.07) is 17.4. The van der Waals surface area contributed by atoms with Crippen molar-refractivity contribution in [2.45, 2.75) is 78.1 Å². The van der Waals surface area contributed by atoms with Crippen molar-refractivity contribution in [3.05, 3.63) is 87.5 Å². The predicted molar refractivity (Wildman–Crippen MR) is 159 cm³/mol. The molecule has 2 fully saturated rings. The largest absolute Gasteiger partial charge is 1.00 e. The number of benzene rings is 3. The summed E-state index contributed by atoms with van der Waals surface area (Å²) in [6.07, 6.45) is 7.47. The Labute approximate surface area is 272 Å². The number of rotatable bonds is 9. The molecule has 3 aromatic rings. The Morgan fingerprint density at radius 2 is 1.69 bits per heavy atom. The van der Waals surface area contributed by atoms with Gasteiger partial charge in [0, 0.05) is 19.1 Å². The molecule has 6 rings (SSSR count). The minimum atomic E-state index is -0.936. The fourth-order valence-corrected chi connectivity index (χ4v) is 7.46. The van der Waals surface area contributed by atoms with Gasteiger partial charge in [-0.25, -0.2) is 0 Å². The van der Waals surface area contributed by atoms with Crippen LogP contribution in [0, 0.1) is 26.2 Å². The topological polar surface area (TPSA) is 69.7 Å². The second kappa shape index (κ2) is 12.6. The van der Waals surface area contributed by atoms with Gasteiger partial charge in [-0.3, -0.25) is 4.79 Å². The third-order valence-electron chi connectivity index (χ3n) is 9.85. The van der Waals surface area contributed by atoms with Crippen molar-refractivity contribution in [1.29, 1.82) is 0 Å². The van der Waals surface area contributed by atoms with Crippen LogP contribution in [-0.2, 0) is 28.9 Å². The number of carbonyl (C=O) groups excluding carboxylic acids is 2. The Morgan fingerprint density at radius 1 is 0.976 bits per heavy atom. The molecule has 1 saturated heterocycles. The maximum Gasteiger partial charge on any atom is 1.00 e. The summed E-state index contributed by atoms with van der Waals surface area (Å²) in [4.78, 5) is 25.7. The standard InChI is InChI=1S/C36H41NO4.Na/c1-23-17-29(41-22-33(38)37-15-4-5-16-37)18-24(2)35(23)30-8-6-7-27(25(30)3)11-9-26-10-12-31-28(19-26)21-36(13-14-36)32(31)20-34(39)40;/h6-8,10,12,17-19,32H,4-5,9,11,13-16,20-22H2,1-3H3,(H,39,40);/q;+1/p-1. The van der Waals surface area contributed by atoms with Crippen LogP contribution in [0.2, 0.25) is 0 Å². The second-order valence-corrected chi connectivity index (χ2v) is 12.6. The SMILES string of the molecule is Cc1cc(OCC(=O)N2CCCC2)cc(C)c1-c1cccc(CCc2ccc3c(c2)CC2(CC2)C3CC(=O)[O-])c1C.[Na+]. The van der Waals surface area contributed by atoms with Crippen LogP contribution in [0.4, 0.5) is 0 Å². The Morgan fingerprint density at radius 3 is 2.36 bits per heavy atom. The molecule has 214 valence electrons. The maximum absolute atomic E-state index is 12.4. The molecular formula is C36H40NNaO4. The van der Waals surface area contributed by atoms with Crippen molar-refractivity contribution in [3.63, 3.8) is 0 Å². The average molecular weight is 574 g/mol. The first kappa shape index (κ1) is 30.8. The number of amides is 1. The Balaban J connectivity index is 0.00000353. The molecule has 1 saturated carbocycles. The van der Waals surface area contributed by atoms with Crippen LogP contribution >= 0.6 is 0 Å². The summed E-state index contributed by atoms with van der Waals surface area (Å²) in [5.41, 5.74) is 11.5. The molecule has 2 aliphatic carbocycles. The molecule has 0 aromatic heterocycles.